The number of rotatable bonds is 8. The topological polar surface area (TPSA) is 58.6 Å². The first-order valence-corrected chi connectivity index (χ1v) is 11.1. The largest absolute Gasteiger partial charge is 0.378 e. The molecule has 2 aromatic carbocycles. The van der Waals surface area contributed by atoms with Crippen LogP contribution in [0.2, 0.25) is 0 Å². The van der Waals surface area contributed by atoms with E-state index in [1.807, 2.05) is 31.2 Å². The number of nitrogens with zero attached hydrogens (tertiary/aromatic N) is 1. The fraction of sp³-hybridized carbons (Fsp3) is 0.429. The molecule has 0 aliphatic carbocycles. The molecule has 6 heteroatoms. The molecule has 0 radical (unpaired) electrons. The Morgan fingerprint density at radius 1 is 0.963 bits per heavy atom. The maximum absolute atomic E-state index is 12.2. The third kappa shape index (κ3) is 6.34. The van der Waals surface area contributed by atoms with E-state index in [1.165, 1.54) is 11.3 Å². The van der Waals surface area contributed by atoms with Gasteiger partial charge in [-0.1, -0.05) is 42.0 Å². The highest BCUT2D eigenvalue weighted by Gasteiger charge is 2.12. The quantitative estimate of drug-likeness (QED) is 0.707. The third-order valence-electron chi connectivity index (χ3n) is 4.75. The van der Waals surface area contributed by atoms with Gasteiger partial charge in [0, 0.05) is 25.3 Å². The molecular formula is C21H28N2O3S. The van der Waals surface area contributed by atoms with Gasteiger partial charge in [-0.3, -0.25) is 0 Å². The lowest BCUT2D eigenvalue weighted by molar-refractivity contribution is 0.122. The van der Waals surface area contributed by atoms with Crippen LogP contribution in [0.25, 0.3) is 0 Å². The maximum atomic E-state index is 12.2. The van der Waals surface area contributed by atoms with Crippen molar-refractivity contribution in [2.75, 3.05) is 37.7 Å². The highest BCUT2D eigenvalue weighted by atomic mass is 32.2. The molecule has 3 rings (SSSR count). The van der Waals surface area contributed by atoms with Crippen LogP contribution in [0.4, 0.5) is 5.69 Å². The van der Waals surface area contributed by atoms with Crippen molar-refractivity contribution in [3.05, 3.63) is 65.2 Å². The lowest BCUT2D eigenvalue weighted by Crippen LogP contribution is -2.36. The molecule has 1 aliphatic rings. The van der Waals surface area contributed by atoms with Gasteiger partial charge in [0.05, 0.1) is 19.0 Å². The van der Waals surface area contributed by atoms with E-state index < -0.39 is 10.0 Å². The van der Waals surface area contributed by atoms with Gasteiger partial charge in [0.1, 0.15) is 0 Å². The minimum absolute atomic E-state index is 0.0293. The smallest absolute Gasteiger partial charge is 0.215 e. The molecule has 0 bridgehead atoms. The van der Waals surface area contributed by atoms with E-state index in [9.17, 15) is 8.42 Å². The van der Waals surface area contributed by atoms with E-state index in [0.717, 1.165) is 50.3 Å². The first kappa shape index (κ1) is 19.9. The standard InChI is InChI=1S/C21H28N2O3S/c1-18-4-6-20(7-5-18)17-27(24,25)22-12-2-3-19-8-10-21(11-9-19)23-13-15-26-16-14-23/h4-11,22H,2-3,12-17H2,1H3. The molecule has 1 heterocycles. The molecule has 2 aromatic rings. The van der Waals surface area contributed by atoms with Crippen molar-refractivity contribution < 1.29 is 13.2 Å². The SMILES string of the molecule is Cc1ccc(CS(=O)(=O)NCCCc2ccc(N3CCOCC3)cc2)cc1. The number of sulfonamides is 1. The Balaban J connectivity index is 1.42. The van der Waals surface area contributed by atoms with Crippen LogP contribution in [-0.2, 0) is 26.9 Å². The maximum Gasteiger partial charge on any atom is 0.215 e. The zero-order valence-corrected chi connectivity index (χ0v) is 16.7. The number of nitrogens with one attached hydrogen (secondary N) is 1. The van der Waals surface area contributed by atoms with Crippen LogP contribution in [0, 0.1) is 6.92 Å². The fourth-order valence-corrected chi connectivity index (χ4v) is 4.36. The lowest BCUT2D eigenvalue weighted by Gasteiger charge is -2.28. The minimum atomic E-state index is -3.29. The van der Waals surface area contributed by atoms with E-state index >= 15 is 0 Å². The van der Waals surface area contributed by atoms with Crippen molar-refractivity contribution >= 4 is 15.7 Å². The molecule has 1 aliphatic heterocycles. The summed E-state index contributed by atoms with van der Waals surface area (Å²) in [7, 11) is -3.29. The van der Waals surface area contributed by atoms with Gasteiger partial charge in [0.25, 0.3) is 0 Å². The normalized spacial score (nSPS) is 15.1. The lowest BCUT2D eigenvalue weighted by atomic mass is 10.1. The second-order valence-corrected chi connectivity index (χ2v) is 8.82. The van der Waals surface area contributed by atoms with Crippen LogP contribution in [-0.4, -0.2) is 41.3 Å². The fourth-order valence-electron chi connectivity index (χ4n) is 3.17. The first-order chi connectivity index (χ1) is 13.0. The minimum Gasteiger partial charge on any atom is -0.378 e. The van der Waals surface area contributed by atoms with Crippen molar-refractivity contribution in [3.63, 3.8) is 0 Å². The summed E-state index contributed by atoms with van der Waals surface area (Å²) < 4.78 is 32.5. The summed E-state index contributed by atoms with van der Waals surface area (Å²) >= 11 is 0. The molecule has 0 aromatic heterocycles. The van der Waals surface area contributed by atoms with Crippen LogP contribution < -0.4 is 9.62 Å². The van der Waals surface area contributed by atoms with Gasteiger partial charge in [-0.25, -0.2) is 13.1 Å². The Morgan fingerprint density at radius 2 is 1.59 bits per heavy atom. The van der Waals surface area contributed by atoms with E-state index in [-0.39, 0.29) is 5.75 Å². The second-order valence-electron chi connectivity index (χ2n) is 7.01. The molecule has 27 heavy (non-hydrogen) atoms. The molecule has 1 saturated heterocycles. The molecule has 1 N–H and O–H groups in total. The number of ether oxygens (including phenoxy) is 1. The van der Waals surface area contributed by atoms with Gasteiger partial charge < -0.3 is 9.64 Å². The predicted octanol–water partition coefficient (Wildman–Crippen LogP) is 2.88. The van der Waals surface area contributed by atoms with E-state index in [4.69, 9.17) is 4.74 Å². The highest BCUT2D eigenvalue weighted by molar-refractivity contribution is 7.88. The Morgan fingerprint density at radius 3 is 2.26 bits per heavy atom. The monoisotopic (exact) mass is 388 g/mol. The van der Waals surface area contributed by atoms with E-state index in [2.05, 4.69) is 33.9 Å². The Labute approximate surface area is 162 Å². The zero-order chi connectivity index (χ0) is 19.1. The molecule has 5 nitrogen and oxygen atoms in total. The van der Waals surface area contributed by atoms with E-state index in [1.54, 1.807) is 0 Å². The molecule has 1 fully saturated rings. The molecular weight excluding hydrogens is 360 g/mol. The summed E-state index contributed by atoms with van der Waals surface area (Å²) in [6, 6.07) is 16.1. The van der Waals surface area contributed by atoms with Crippen LogP contribution in [0.3, 0.4) is 0 Å². The van der Waals surface area contributed by atoms with Crippen molar-refractivity contribution in [1.82, 2.24) is 4.72 Å². The number of anilines is 1. The number of morpholine rings is 1. The molecule has 146 valence electrons. The van der Waals surface area contributed by atoms with Gasteiger partial charge in [-0.2, -0.15) is 0 Å². The average molecular weight is 389 g/mol. The number of hydrogen-bond acceptors (Lipinski definition) is 4. The predicted molar refractivity (Wildman–Crippen MR) is 110 cm³/mol. The summed E-state index contributed by atoms with van der Waals surface area (Å²) in [5.74, 6) is 0.0293. The van der Waals surface area contributed by atoms with Crippen molar-refractivity contribution in [1.29, 1.82) is 0 Å². The van der Waals surface area contributed by atoms with Crippen LogP contribution in [0.15, 0.2) is 48.5 Å². The summed E-state index contributed by atoms with van der Waals surface area (Å²) in [4.78, 5) is 2.33. The van der Waals surface area contributed by atoms with Crippen molar-refractivity contribution in [2.45, 2.75) is 25.5 Å². The summed E-state index contributed by atoms with van der Waals surface area (Å²) in [5, 5.41) is 0. The molecule has 0 unspecified atom stereocenters. The van der Waals surface area contributed by atoms with E-state index in [0.29, 0.717) is 6.54 Å². The van der Waals surface area contributed by atoms with Crippen molar-refractivity contribution in [3.8, 4) is 0 Å². The molecule has 0 saturated carbocycles. The summed E-state index contributed by atoms with van der Waals surface area (Å²) in [5.41, 5.74) is 4.39. The number of benzene rings is 2. The summed E-state index contributed by atoms with van der Waals surface area (Å²) in [6.07, 6.45) is 1.64. The number of aryl methyl sites for hydroxylation is 2. The van der Waals surface area contributed by atoms with Gasteiger partial charge in [-0.05, 0) is 43.0 Å². The molecule has 0 amide bonds. The Bertz CT molecular complexity index is 812. The van der Waals surface area contributed by atoms with Crippen molar-refractivity contribution in [2.24, 2.45) is 0 Å². The highest BCUT2D eigenvalue weighted by Crippen LogP contribution is 2.17. The Hall–Kier alpha value is -1.89. The average Bonchev–Trinajstić information content (AvgIpc) is 2.68. The van der Waals surface area contributed by atoms with Gasteiger partial charge in [0.15, 0.2) is 0 Å². The Kier molecular flexibility index (Phi) is 6.88. The second kappa shape index (κ2) is 9.35. The van der Waals surface area contributed by atoms with Crippen LogP contribution in [0.5, 0.6) is 0 Å². The van der Waals surface area contributed by atoms with Gasteiger partial charge in [-0.15, -0.1) is 0 Å². The van der Waals surface area contributed by atoms with Crippen LogP contribution in [0.1, 0.15) is 23.1 Å². The first-order valence-electron chi connectivity index (χ1n) is 9.46. The van der Waals surface area contributed by atoms with Crippen LogP contribution >= 0.6 is 0 Å². The van der Waals surface area contributed by atoms with Gasteiger partial charge >= 0.3 is 0 Å². The number of hydrogen-bond donors (Lipinski definition) is 1. The molecule has 0 atom stereocenters. The third-order valence-corrected chi connectivity index (χ3v) is 6.11. The zero-order valence-electron chi connectivity index (χ0n) is 15.9. The summed E-state index contributed by atoms with van der Waals surface area (Å²) in [6.45, 7) is 5.88. The van der Waals surface area contributed by atoms with Gasteiger partial charge in [0.2, 0.25) is 10.0 Å². The molecule has 0 spiro atoms.